The maximum Gasteiger partial charge on any atom is 0.113 e. The Morgan fingerprint density at radius 2 is 1.42 bits per heavy atom. The first-order chi connectivity index (χ1) is 11.8. The third-order valence-corrected chi connectivity index (χ3v) is 4.57. The quantitative estimate of drug-likeness (QED) is 0.679. The molecule has 0 unspecified atom stereocenters. The summed E-state index contributed by atoms with van der Waals surface area (Å²) in [5, 5.41) is 0. The fourth-order valence-electron chi connectivity index (χ4n) is 3.31. The van der Waals surface area contributed by atoms with E-state index in [0.717, 1.165) is 30.4 Å². The summed E-state index contributed by atoms with van der Waals surface area (Å²) in [6, 6.07) is 20.8. The van der Waals surface area contributed by atoms with Crippen LogP contribution in [0, 0.1) is 0 Å². The second kappa shape index (κ2) is 8.27. The molecular formula is C22H26O2. The van der Waals surface area contributed by atoms with Crippen LogP contribution in [0.3, 0.4) is 0 Å². The van der Waals surface area contributed by atoms with Gasteiger partial charge < -0.3 is 9.47 Å². The zero-order valence-electron chi connectivity index (χ0n) is 14.3. The van der Waals surface area contributed by atoms with Crippen molar-refractivity contribution in [3.8, 4) is 0 Å². The van der Waals surface area contributed by atoms with E-state index in [4.69, 9.17) is 9.47 Å². The molecule has 1 aliphatic heterocycles. The Morgan fingerprint density at radius 1 is 0.875 bits per heavy atom. The molecule has 0 saturated carbocycles. The molecule has 0 N–H and O–H groups in total. The van der Waals surface area contributed by atoms with Gasteiger partial charge in [0.15, 0.2) is 0 Å². The van der Waals surface area contributed by atoms with E-state index in [-0.39, 0.29) is 24.4 Å². The van der Waals surface area contributed by atoms with Gasteiger partial charge in [0.25, 0.3) is 0 Å². The van der Waals surface area contributed by atoms with Crippen LogP contribution in [0.2, 0.25) is 0 Å². The minimum absolute atomic E-state index is 0.101. The molecule has 2 aromatic rings. The maximum atomic E-state index is 6.54. The highest BCUT2D eigenvalue weighted by Gasteiger charge is 2.32. The normalized spacial score (nSPS) is 27.9. The largest absolute Gasteiger partial charge is 0.367 e. The molecule has 126 valence electrons. The molecule has 2 nitrogen and oxygen atoms in total. The predicted molar refractivity (Wildman–Crippen MR) is 97.8 cm³/mol. The van der Waals surface area contributed by atoms with Gasteiger partial charge in [0, 0.05) is 0 Å². The summed E-state index contributed by atoms with van der Waals surface area (Å²) in [7, 11) is 0. The Morgan fingerprint density at radius 3 is 1.96 bits per heavy atom. The summed E-state index contributed by atoms with van der Waals surface area (Å²) in [5.41, 5.74) is 2.33. The van der Waals surface area contributed by atoms with E-state index in [1.165, 1.54) is 0 Å². The van der Waals surface area contributed by atoms with Crippen LogP contribution in [0.5, 0.6) is 0 Å². The molecule has 1 saturated heterocycles. The molecule has 0 aromatic heterocycles. The van der Waals surface area contributed by atoms with E-state index >= 15 is 0 Å². The van der Waals surface area contributed by atoms with Crippen LogP contribution in [0.4, 0.5) is 0 Å². The van der Waals surface area contributed by atoms with Crippen LogP contribution in [-0.4, -0.2) is 12.2 Å². The third kappa shape index (κ3) is 4.14. The van der Waals surface area contributed by atoms with E-state index in [9.17, 15) is 0 Å². The minimum atomic E-state index is -0.110. The lowest BCUT2D eigenvalue weighted by molar-refractivity contribution is -0.149. The highest BCUT2D eigenvalue weighted by molar-refractivity contribution is 5.25. The highest BCUT2D eigenvalue weighted by Crippen LogP contribution is 2.40. The summed E-state index contributed by atoms with van der Waals surface area (Å²) in [6.07, 6.45) is 5.01. The topological polar surface area (TPSA) is 18.5 Å². The van der Waals surface area contributed by atoms with Gasteiger partial charge in [-0.25, -0.2) is 0 Å². The first-order valence-electron chi connectivity index (χ1n) is 8.79. The third-order valence-electron chi connectivity index (χ3n) is 4.57. The Hall–Kier alpha value is -1.90. The lowest BCUT2D eigenvalue weighted by Gasteiger charge is -2.36. The minimum Gasteiger partial charge on any atom is -0.367 e. The van der Waals surface area contributed by atoms with Gasteiger partial charge in [-0.2, -0.15) is 0 Å². The number of rotatable bonds is 4. The van der Waals surface area contributed by atoms with E-state index in [0.29, 0.717) is 0 Å². The molecule has 1 heterocycles. The molecule has 1 fully saturated rings. The van der Waals surface area contributed by atoms with Gasteiger partial charge in [-0.3, -0.25) is 0 Å². The molecule has 2 heteroatoms. The Balaban J connectivity index is 1.98. The second-order valence-electron chi connectivity index (χ2n) is 6.47. The highest BCUT2D eigenvalue weighted by atomic mass is 16.6. The van der Waals surface area contributed by atoms with Gasteiger partial charge in [-0.05, 0) is 37.3 Å². The van der Waals surface area contributed by atoms with Crippen LogP contribution in [0.15, 0.2) is 73.3 Å². The summed E-state index contributed by atoms with van der Waals surface area (Å²) in [4.78, 5) is 0. The molecule has 0 spiro atoms. The average Bonchev–Trinajstić information content (AvgIpc) is 2.62. The standard InChI is InChI=1S/C22H26O2/c1-3-10-20-16-15-17(2)23-21(18-11-6-4-7-12-18)22(24-20)19-13-8-5-9-14-19/h3-9,11-14,17,20-22H,1,10,15-16H2,2H3/t17-,20+,21-,22-/m1/s1. The molecule has 0 radical (unpaired) electrons. The van der Waals surface area contributed by atoms with Gasteiger partial charge in [0.1, 0.15) is 12.2 Å². The van der Waals surface area contributed by atoms with Crippen molar-refractivity contribution >= 4 is 0 Å². The molecule has 4 atom stereocenters. The molecule has 0 amide bonds. The van der Waals surface area contributed by atoms with Gasteiger partial charge in [-0.15, -0.1) is 6.58 Å². The Labute approximate surface area is 145 Å². The molecule has 0 aliphatic carbocycles. The number of benzene rings is 2. The smallest absolute Gasteiger partial charge is 0.113 e. The summed E-state index contributed by atoms with van der Waals surface area (Å²) >= 11 is 0. The zero-order valence-corrected chi connectivity index (χ0v) is 14.3. The van der Waals surface area contributed by atoms with Crippen molar-refractivity contribution in [1.29, 1.82) is 0 Å². The van der Waals surface area contributed by atoms with Crippen LogP contribution < -0.4 is 0 Å². The zero-order chi connectivity index (χ0) is 16.8. The van der Waals surface area contributed by atoms with Crippen LogP contribution in [-0.2, 0) is 9.47 Å². The lowest BCUT2D eigenvalue weighted by atomic mass is 9.95. The van der Waals surface area contributed by atoms with Crippen molar-refractivity contribution in [1.82, 2.24) is 0 Å². The van der Waals surface area contributed by atoms with Gasteiger partial charge >= 0.3 is 0 Å². The number of hydrogen-bond donors (Lipinski definition) is 0. The SMILES string of the molecule is C=CC[C@H]1CC[C@@H](C)O[C@H](c2ccccc2)[C@@H](c2ccccc2)O1. The summed E-state index contributed by atoms with van der Waals surface area (Å²) < 4.78 is 13.0. The predicted octanol–water partition coefficient (Wildman–Crippen LogP) is 5.63. The lowest BCUT2D eigenvalue weighted by Crippen LogP contribution is -2.30. The molecule has 3 rings (SSSR count). The summed E-state index contributed by atoms with van der Waals surface area (Å²) in [5.74, 6) is 0. The van der Waals surface area contributed by atoms with Crippen molar-refractivity contribution in [2.24, 2.45) is 0 Å². The summed E-state index contributed by atoms with van der Waals surface area (Å²) in [6.45, 7) is 6.05. The van der Waals surface area contributed by atoms with Gasteiger partial charge in [0.05, 0.1) is 12.2 Å². The average molecular weight is 322 g/mol. The first-order valence-corrected chi connectivity index (χ1v) is 8.79. The number of ether oxygens (including phenoxy) is 2. The van der Waals surface area contributed by atoms with E-state index in [1.54, 1.807) is 0 Å². The Kier molecular flexibility index (Phi) is 5.84. The molecule has 0 bridgehead atoms. The van der Waals surface area contributed by atoms with Crippen molar-refractivity contribution in [3.05, 3.63) is 84.4 Å². The molecular weight excluding hydrogens is 296 g/mol. The van der Waals surface area contributed by atoms with Crippen LogP contribution in [0.25, 0.3) is 0 Å². The Bertz CT molecular complexity index is 623. The fourth-order valence-corrected chi connectivity index (χ4v) is 3.31. The van der Waals surface area contributed by atoms with Crippen molar-refractivity contribution in [3.63, 3.8) is 0 Å². The van der Waals surface area contributed by atoms with E-state index in [2.05, 4.69) is 62.0 Å². The molecule has 2 aromatic carbocycles. The van der Waals surface area contributed by atoms with Gasteiger partial charge in [0.2, 0.25) is 0 Å². The van der Waals surface area contributed by atoms with Crippen LogP contribution in [0.1, 0.15) is 49.5 Å². The van der Waals surface area contributed by atoms with E-state index in [1.807, 2.05) is 18.2 Å². The second-order valence-corrected chi connectivity index (χ2v) is 6.47. The van der Waals surface area contributed by atoms with Crippen molar-refractivity contribution in [2.45, 2.75) is 50.6 Å². The van der Waals surface area contributed by atoms with Crippen molar-refractivity contribution in [2.75, 3.05) is 0 Å². The monoisotopic (exact) mass is 322 g/mol. The molecule has 24 heavy (non-hydrogen) atoms. The molecule has 1 aliphatic rings. The maximum absolute atomic E-state index is 6.54. The number of hydrogen-bond acceptors (Lipinski definition) is 2. The first kappa shape index (κ1) is 16.9. The van der Waals surface area contributed by atoms with Crippen LogP contribution >= 0.6 is 0 Å². The van der Waals surface area contributed by atoms with E-state index < -0.39 is 0 Å². The van der Waals surface area contributed by atoms with Gasteiger partial charge in [-0.1, -0.05) is 66.7 Å². The van der Waals surface area contributed by atoms with Crippen molar-refractivity contribution < 1.29 is 9.47 Å². The fraction of sp³-hybridized carbons (Fsp3) is 0.364.